The zero-order valence-corrected chi connectivity index (χ0v) is 15.5. The lowest BCUT2D eigenvalue weighted by Gasteiger charge is -2.28. The van der Waals surface area contributed by atoms with E-state index in [1.165, 1.54) is 0 Å². The number of likely N-dealkylation sites (N-methyl/N-ethyl adjacent to an activating group) is 1. The van der Waals surface area contributed by atoms with Gasteiger partial charge in [-0.1, -0.05) is 48.0 Å². The van der Waals surface area contributed by atoms with Crippen molar-refractivity contribution < 1.29 is 14.3 Å². The van der Waals surface area contributed by atoms with Crippen LogP contribution in [0.3, 0.4) is 0 Å². The minimum atomic E-state index is -0.813. The van der Waals surface area contributed by atoms with Gasteiger partial charge in [0.2, 0.25) is 0 Å². The molecule has 1 aliphatic heterocycles. The zero-order valence-electron chi connectivity index (χ0n) is 14.7. The molecule has 136 valence electrons. The molecule has 0 bridgehead atoms. The number of carbonyl (C=O) groups is 2. The summed E-state index contributed by atoms with van der Waals surface area (Å²) < 4.78 is 5.31. The third-order valence-electron chi connectivity index (χ3n) is 4.54. The molecule has 5 nitrogen and oxygen atoms in total. The number of hydrogen-bond donors (Lipinski definition) is 1. The molecular formula is C20H21ClN2O3. The molecule has 26 heavy (non-hydrogen) atoms. The SMILES string of the molecule is CN(C)C(CNC(=O)C1Cc2ccccc2C(=O)O1)c1ccccc1Cl. The van der Waals surface area contributed by atoms with Gasteiger partial charge in [-0.15, -0.1) is 0 Å². The fraction of sp³-hybridized carbons (Fsp3) is 0.300. The summed E-state index contributed by atoms with van der Waals surface area (Å²) in [5.74, 6) is -0.756. The molecule has 6 heteroatoms. The van der Waals surface area contributed by atoms with Gasteiger partial charge in [0.15, 0.2) is 6.10 Å². The highest BCUT2D eigenvalue weighted by molar-refractivity contribution is 6.31. The van der Waals surface area contributed by atoms with Crippen LogP contribution in [-0.4, -0.2) is 43.5 Å². The maximum absolute atomic E-state index is 12.6. The maximum atomic E-state index is 12.6. The molecule has 1 amide bonds. The highest BCUT2D eigenvalue weighted by Gasteiger charge is 2.31. The van der Waals surface area contributed by atoms with Crippen LogP contribution in [0.4, 0.5) is 0 Å². The van der Waals surface area contributed by atoms with E-state index in [0.29, 0.717) is 23.6 Å². The number of benzene rings is 2. The van der Waals surface area contributed by atoms with Crippen molar-refractivity contribution in [2.45, 2.75) is 18.6 Å². The van der Waals surface area contributed by atoms with E-state index in [4.69, 9.17) is 16.3 Å². The van der Waals surface area contributed by atoms with Crippen molar-refractivity contribution in [2.24, 2.45) is 0 Å². The van der Waals surface area contributed by atoms with Gasteiger partial charge in [0.05, 0.1) is 11.6 Å². The molecule has 0 spiro atoms. The second-order valence-corrected chi connectivity index (χ2v) is 6.91. The molecule has 2 aromatic carbocycles. The van der Waals surface area contributed by atoms with Crippen LogP contribution in [0.15, 0.2) is 48.5 Å². The average molecular weight is 373 g/mol. The largest absolute Gasteiger partial charge is 0.448 e. The molecule has 2 aromatic rings. The summed E-state index contributed by atoms with van der Waals surface area (Å²) >= 11 is 6.29. The number of fused-ring (bicyclic) bond motifs is 1. The first-order valence-electron chi connectivity index (χ1n) is 8.45. The van der Waals surface area contributed by atoms with Gasteiger partial charge in [0.25, 0.3) is 5.91 Å². The lowest BCUT2D eigenvalue weighted by Crippen LogP contribution is -2.44. The number of nitrogens with one attached hydrogen (secondary N) is 1. The minimum Gasteiger partial charge on any atom is -0.448 e. The fourth-order valence-corrected chi connectivity index (χ4v) is 3.37. The zero-order chi connectivity index (χ0) is 18.7. The second-order valence-electron chi connectivity index (χ2n) is 6.50. The highest BCUT2D eigenvalue weighted by atomic mass is 35.5. The molecule has 2 unspecified atom stereocenters. The normalized spacial score (nSPS) is 17.4. The lowest BCUT2D eigenvalue weighted by molar-refractivity contribution is -0.130. The van der Waals surface area contributed by atoms with Gasteiger partial charge in [0, 0.05) is 18.0 Å². The summed E-state index contributed by atoms with van der Waals surface area (Å²) in [7, 11) is 3.86. The van der Waals surface area contributed by atoms with Gasteiger partial charge in [-0.05, 0) is 37.4 Å². The molecule has 3 rings (SSSR count). The smallest absolute Gasteiger partial charge is 0.339 e. The Balaban J connectivity index is 1.68. The number of hydrogen-bond acceptors (Lipinski definition) is 4. The van der Waals surface area contributed by atoms with Gasteiger partial charge >= 0.3 is 5.97 Å². The van der Waals surface area contributed by atoms with Crippen LogP contribution in [0.2, 0.25) is 5.02 Å². The number of halogens is 1. The minimum absolute atomic E-state index is 0.0840. The summed E-state index contributed by atoms with van der Waals surface area (Å²) in [6.45, 7) is 0.366. The van der Waals surface area contributed by atoms with E-state index < -0.39 is 12.1 Å². The topological polar surface area (TPSA) is 58.6 Å². The molecule has 0 fully saturated rings. The number of esters is 1. The van der Waals surface area contributed by atoms with E-state index in [0.717, 1.165) is 11.1 Å². The summed E-state index contributed by atoms with van der Waals surface area (Å²) in [6.07, 6.45) is -0.432. The quantitative estimate of drug-likeness (QED) is 0.820. The Hall–Kier alpha value is -2.37. The van der Waals surface area contributed by atoms with Crippen LogP contribution >= 0.6 is 11.6 Å². The highest BCUT2D eigenvalue weighted by Crippen LogP contribution is 2.26. The van der Waals surface area contributed by atoms with Gasteiger partial charge < -0.3 is 15.0 Å². The Labute approximate surface area is 157 Å². The first-order chi connectivity index (χ1) is 12.5. The number of carbonyl (C=O) groups excluding carboxylic acids is 2. The van der Waals surface area contributed by atoms with Crippen molar-refractivity contribution in [1.29, 1.82) is 0 Å². The second kappa shape index (κ2) is 7.89. The van der Waals surface area contributed by atoms with Crippen molar-refractivity contribution in [3.8, 4) is 0 Å². The molecule has 1 heterocycles. The van der Waals surface area contributed by atoms with E-state index in [9.17, 15) is 9.59 Å². The summed E-state index contributed by atoms with van der Waals surface area (Å²) in [5.41, 5.74) is 2.29. The maximum Gasteiger partial charge on any atom is 0.339 e. The molecular weight excluding hydrogens is 352 g/mol. The van der Waals surface area contributed by atoms with E-state index in [1.54, 1.807) is 12.1 Å². The Morgan fingerprint density at radius 2 is 1.92 bits per heavy atom. The van der Waals surface area contributed by atoms with Gasteiger partial charge in [-0.3, -0.25) is 4.79 Å². The van der Waals surface area contributed by atoms with Gasteiger partial charge in [0.1, 0.15) is 0 Å². The molecule has 0 radical (unpaired) electrons. The Morgan fingerprint density at radius 1 is 1.23 bits per heavy atom. The first-order valence-corrected chi connectivity index (χ1v) is 8.82. The summed E-state index contributed by atoms with van der Waals surface area (Å²) in [6, 6.07) is 14.7. The predicted octanol–water partition coefficient (Wildman–Crippen LogP) is 2.84. The summed E-state index contributed by atoms with van der Waals surface area (Å²) in [5, 5.41) is 3.55. The molecule has 0 aromatic heterocycles. The third kappa shape index (κ3) is 3.89. The van der Waals surface area contributed by atoms with Gasteiger partial charge in [-0.25, -0.2) is 4.79 Å². The average Bonchev–Trinajstić information content (AvgIpc) is 2.63. The van der Waals surface area contributed by atoms with Crippen LogP contribution in [0.25, 0.3) is 0 Å². The van der Waals surface area contributed by atoms with Crippen LogP contribution in [0.5, 0.6) is 0 Å². The molecule has 0 saturated carbocycles. The molecule has 1 aliphatic rings. The predicted molar refractivity (Wildman–Crippen MR) is 100 cm³/mol. The number of ether oxygens (including phenoxy) is 1. The Kier molecular flexibility index (Phi) is 5.59. The number of amides is 1. The van der Waals surface area contributed by atoms with Crippen LogP contribution in [0.1, 0.15) is 27.5 Å². The standard InChI is InChI=1S/C20H21ClN2O3/c1-23(2)17(15-9-5-6-10-16(15)21)12-22-19(24)18-11-13-7-3-4-8-14(13)20(25)26-18/h3-10,17-18H,11-12H2,1-2H3,(H,22,24). The number of rotatable bonds is 5. The van der Waals surface area contributed by atoms with E-state index in [-0.39, 0.29) is 11.9 Å². The van der Waals surface area contributed by atoms with Crippen molar-refractivity contribution in [3.63, 3.8) is 0 Å². The monoisotopic (exact) mass is 372 g/mol. The molecule has 2 atom stereocenters. The van der Waals surface area contributed by atoms with Crippen LogP contribution in [0, 0.1) is 0 Å². The van der Waals surface area contributed by atoms with Crippen LogP contribution < -0.4 is 5.32 Å². The summed E-state index contributed by atoms with van der Waals surface area (Å²) in [4.78, 5) is 26.6. The Bertz CT molecular complexity index is 822. The lowest BCUT2D eigenvalue weighted by atomic mass is 9.98. The van der Waals surface area contributed by atoms with E-state index in [1.807, 2.05) is 55.4 Å². The Morgan fingerprint density at radius 3 is 2.65 bits per heavy atom. The fourth-order valence-electron chi connectivity index (χ4n) is 3.10. The number of cyclic esters (lactones) is 1. The third-order valence-corrected chi connectivity index (χ3v) is 4.89. The van der Waals surface area contributed by atoms with Crippen molar-refractivity contribution in [1.82, 2.24) is 10.2 Å². The van der Waals surface area contributed by atoms with Crippen molar-refractivity contribution >= 4 is 23.5 Å². The first kappa shape index (κ1) is 18.4. The van der Waals surface area contributed by atoms with Crippen LogP contribution in [-0.2, 0) is 16.0 Å². The van der Waals surface area contributed by atoms with E-state index >= 15 is 0 Å². The molecule has 1 N–H and O–H groups in total. The van der Waals surface area contributed by atoms with Gasteiger partial charge in [-0.2, -0.15) is 0 Å². The molecule has 0 saturated heterocycles. The van der Waals surface area contributed by atoms with Crippen molar-refractivity contribution in [3.05, 3.63) is 70.2 Å². The molecule has 0 aliphatic carbocycles. The van der Waals surface area contributed by atoms with Crippen molar-refractivity contribution in [2.75, 3.05) is 20.6 Å². The number of nitrogens with zero attached hydrogens (tertiary/aromatic N) is 1. The van der Waals surface area contributed by atoms with E-state index in [2.05, 4.69) is 5.32 Å².